The number of imide groups is 1. The number of amidine groups is 1. The number of nitrogens with zero attached hydrogens (tertiary/aromatic N) is 4. The number of ether oxygens (including phenoxy) is 2. The lowest BCUT2D eigenvalue weighted by Gasteiger charge is -2.35. The van der Waals surface area contributed by atoms with Gasteiger partial charge in [-0.25, -0.2) is 32.2 Å². The van der Waals surface area contributed by atoms with Crippen LogP contribution < -0.4 is 10.1 Å². The number of benzene rings is 3. The smallest absolute Gasteiger partial charge is 0.330 e. The predicted molar refractivity (Wildman–Crippen MR) is 170 cm³/mol. The second-order valence-electron chi connectivity index (χ2n) is 10.7. The van der Waals surface area contributed by atoms with Gasteiger partial charge in [0.25, 0.3) is 21.8 Å². The first-order valence-corrected chi connectivity index (χ1v) is 16.0. The highest BCUT2D eigenvalue weighted by Gasteiger charge is 2.53. The van der Waals surface area contributed by atoms with E-state index in [9.17, 15) is 27.6 Å². The van der Waals surface area contributed by atoms with Gasteiger partial charge in [0.15, 0.2) is 11.9 Å². The lowest BCUT2D eigenvalue weighted by Crippen LogP contribution is -2.59. The topological polar surface area (TPSA) is 175 Å². The van der Waals surface area contributed by atoms with Crippen molar-refractivity contribution in [1.29, 1.82) is 0 Å². The van der Waals surface area contributed by atoms with Gasteiger partial charge in [0.05, 0.1) is 22.9 Å². The van der Waals surface area contributed by atoms with E-state index in [1.165, 1.54) is 37.4 Å². The number of hydrogen-bond acceptors (Lipinski definition) is 9. The molecule has 2 heterocycles. The van der Waals surface area contributed by atoms with Crippen molar-refractivity contribution in [2.75, 3.05) is 32.1 Å². The standard InChI is InChI=1S/C31H30ClN5O9S/c1-18-12-13-23(19(2)16-18)45-15-14-36-27(33-22-10-6-7-11-24(22)47(36,43)44)26(28(40)34-21-9-5-4-8-20(21)32)37-29(41)30(35(3)31(37)42)46-17-25(38)39/h4-13,16,26,30H,14-15,17H2,1-3H3,(H,34,40)(H,38,39). The Morgan fingerprint density at radius 3 is 2.47 bits per heavy atom. The number of carbonyl (C=O) groups excluding carboxylic acids is 3. The summed E-state index contributed by atoms with van der Waals surface area (Å²) in [6.07, 6.45) is -1.72. The number of carboxylic acids is 1. The van der Waals surface area contributed by atoms with Crippen molar-refractivity contribution in [2.24, 2.45) is 4.99 Å². The van der Waals surface area contributed by atoms with Crippen molar-refractivity contribution in [1.82, 2.24) is 14.1 Å². The van der Waals surface area contributed by atoms with Crippen LogP contribution in [0.15, 0.2) is 76.6 Å². The number of sulfonamides is 1. The van der Waals surface area contributed by atoms with E-state index in [0.717, 1.165) is 20.3 Å². The second-order valence-corrected chi connectivity index (χ2v) is 12.9. The molecule has 0 saturated carbocycles. The maximum atomic E-state index is 14.2. The van der Waals surface area contributed by atoms with Crippen molar-refractivity contribution in [2.45, 2.75) is 31.0 Å². The first-order chi connectivity index (χ1) is 22.3. The number of halogens is 1. The van der Waals surface area contributed by atoms with Gasteiger partial charge in [0.2, 0.25) is 6.23 Å². The van der Waals surface area contributed by atoms with Crippen molar-refractivity contribution >= 4 is 62.6 Å². The van der Waals surface area contributed by atoms with E-state index in [0.29, 0.717) is 10.6 Å². The van der Waals surface area contributed by atoms with E-state index in [2.05, 4.69) is 10.3 Å². The molecule has 0 spiro atoms. The molecule has 2 aliphatic rings. The molecule has 3 aromatic rings. The van der Waals surface area contributed by atoms with Gasteiger partial charge < -0.3 is 19.9 Å². The number of para-hydroxylation sites is 2. The monoisotopic (exact) mass is 683 g/mol. The zero-order chi connectivity index (χ0) is 34.0. The number of aliphatic carboxylic acids is 1. The van der Waals surface area contributed by atoms with Crippen LogP contribution in [0.4, 0.5) is 16.2 Å². The molecule has 14 nitrogen and oxygen atoms in total. The summed E-state index contributed by atoms with van der Waals surface area (Å²) >= 11 is 6.28. The van der Waals surface area contributed by atoms with E-state index in [1.54, 1.807) is 24.3 Å². The number of carboxylic acid groups (broad SMARTS) is 1. The van der Waals surface area contributed by atoms with Crippen molar-refractivity contribution < 1.29 is 42.2 Å². The normalized spacial score (nSPS) is 17.7. The van der Waals surface area contributed by atoms with Gasteiger partial charge in [-0.1, -0.05) is 53.6 Å². The number of urea groups is 1. The molecule has 246 valence electrons. The molecule has 4 amide bonds. The second kappa shape index (κ2) is 13.4. The molecule has 0 bridgehead atoms. The molecule has 3 aromatic carbocycles. The number of carbonyl (C=O) groups is 4. The fraction of sp³-hybridized carbons (Fsp3) is 0.258. The van der Waals surface area contributed by atoms with Gasteiger partial charge in [-0.05, 0) is 49.7 Å². The molecule has 2 N–H and O–H groups in total. The molecule has 47 heavy (non-hydrogen) atoms. The largest absolute Gasteiger partial charge is 0.491 e. The van der Waals surface area contributed by atoms with E-state index in [-0.39, 0.29) is 34.4 Å². The highest BCUT2D eigenvalue weighted by atomic mass is 35.5. The number of hydrogen-bond donors (Lipinski definition) is 2. The van der Waals surface area contributed by atoms with Crippen molar-refractivity contribution in [3.8, 4) is 5.75 Å². The molecule has 2 aliphatic heterocycles. The molecular weight excluding hydrogens is 654 g/mol. The number of rotatable bonds is 11. The Hall–Kier alpha value is -4.99. The number of nitrogens with one attached hydrogen (secondary N) is 1. The molecule has 0 radical (unpaired) electrons. The average Bonchev–Trinajstić information content (AvgIpc) is 3.22. The van der Waals surface area contributed by atoms with Crippen LogP contribution in [0.3, 0.4) is 0 Å². The van der Waals surface area contributed by atoms with E-state index < -0.39 is 58.6 Å². The number of aliphatic imine (C=N–C) groups is 1. The number of anilines is 1. The third-order valence-electron chi connectivity index (χ3n) is 7.36. The molecule has 2 atom stereocenters. The average molecular weight is 684 g/mol. The fourth-order valence-electron chi connectivity index (χ4n) is 5.15. The van der Waals surface area contributed by atoms with E-state index >= 15 is 0 Å². The molecule has 2 unspecified atom stereocenters. The summed E-state index contributed by atoms with van der Waals surface area (Å²) in [5.74, 6) is -3.52. The summed E-state index contributed by atoms with van der Waals surface area (Å²) in [5.41, 5.74) is 1.89. The SMILES string of the molecule is Cc1ccc(OCCN2C(C(C(=O)Nc3ccccc3Cl)N3C(=O)C(OCC(=O)O)N(C)C3=O)=Nc3ccccc3S2(=O)=O)c(C)c1. The molecule has 16 heteroatoms. The zero-order valence-corrected chi connectivity index (χ0v) is 27.0. The van der Waals surface area contributed by atoms with Gasteiger partial charge in [0, 0.05) is 7.05 Å². The molecule has 1 saturated heterocycles. The Morgan fingerprint density at radius 1 is 1.06 bits per heavy atom. The first-order valence-electron chi connectivity index (χ1n) is 14.2. The summed E-state index contributed by atoms with van der Waals surface area (Å²) in [6, 6.07) is 14.4. The minimum Gasteiger partial charge on any atom is -0.491 e. The highest BCUT2D eigenvalue weighted by molar-refractivity contribution is 7.90. The van der Waals surface area contributed by atoms with E-state index in [1.807, 2.05) is 26.0 Å². The van der Waals surface area contributed by atoms with Crippen LogP contribution >= 0.6 is 11.6 Å². The van der Waals surface area contributed by atoms with Crippen LogP contribution in [0, 0.1) is 13.8 Å². The third-order valence-corrected chi connectivity index (χ3v) is 9.54. The summed E-state index contributed by atoms with van der Waals surface area (Å²) in [4.78, 5) is 58.3. The summed E-state index contributed by atoms with van der Waals surface area (Å²) in [6.45, 7) is 2.25. The molecular formula is C31H30ClN5O9S. The Bertz CT molecular complexity index is 1900. The van der Waals surface area contributed by atoms with Crippen molar-refractivity contribution in [3.05, 3.63) is 82.9 Å². The van der Waals surface area contributed by atoms with Crippen LogP contribution in [-0.4, -0.2) is 96.4 Å². The van der Waals surface area contributed by atoms with Gasteiger partial charge >= 0.3 is 12.0 Å². The minimum absolute atomic E-state index is 0.0317. The number of aryl methyl sites for hydroxylation is 2. The molecule has 0 aromatic heterocycles. The fourth-order valence-corrected chi connectivity index (χ4v) is 6.91. The van der Waals surface area contributed by atoms with Crippen LogP contribution in [0.5, 0.6) is 5.75 Å². The molecule has 1 fully saturated rings. The maximum absolute atomic E-state index is 14.2. The summed E-state index contributed by atoms with van der Waals surface area (Å²) in [5, 5.41) is 11.8. The number of fused-ring (bicyclic) bond motifs is 1. The van der Waals surface area contributed by atoms with Gasteiger partial charge in [0.1, 0.15) is 23.9 Å². The van der Waals surface area contributed by atoms with E-state index in [4.69, 9.17) is 26.2 Å². The Morgan fingerprint density at radius 2 is 1.77 bits per heavy atom. The lowest BCUT2D eigenvalue weighted by atomic mass is 10.1. The first kappa shape index (κ1) is 33.4. The van der Waals surface area contributed by atoms with Gasteiger partial charge in [-0.2, -0.15) is 0 Å². The Kier molecular flexibility index (Phi) is 9.51. The quantitative estimate of drug-likeness (QED) is 0.287. The number of likely N-dealkylation sites (N-methyl/N-ethyl adjacent to an activating group) is 1. The minimum atomic E-state index is -4.43. The Balaban J connectivity index is 1.60. The summed E-state index contributed by atoms with van der Waals surface area (Å²) < 4.78 is 40.2. The predicted octanol–water partition coefficient (Wildman–Crippen LogP) is 3.40. The third kappa shape index (κ3) is 6.63. The Labute approximate surface area is 275 Å². The van der Waals surface area contributed by atoms with Crippen LogP contribution in [-0.2, 0) is 29.1 Å². The van der Waals surface area contributed by atoms with Crippen LogP contribution in [0.25, 0.3) is 0 Å². The van der Waals surface area contributed by atoms with Crippen LogP contribution in [0.1, 0.15) is 11.1 Å². The van der Waals surface area contributed by atoms with Crippen molar-refractivity contribution in [3.63, 3.8) is 0 Å². The van der Waals surface area contributed by atoms with Gasteiger partial charge in [-0.3, -0.25) is 14.5 Å². The summed E-state index contributed by atoms with van der Waals surface area (Å²) in [7, 11) is -3.25. The maximum Gasteiger partial charge on any atom is 0.330 e. The zero-order valence-electron chi connectivity index (χ0n) is 25.4. The molecule has 5 rings (SSSR count). The molecule has 0 aliphatic carbocycles. The highest BCUT2D eigenvalue weighted by Crippen LogP contribution is 2.35. The van der Waals surface area contributed by atoms with Crippen LogP contribution in [0.2, 0.25) is 5.02 Å². The van der Waals surface area contributed by atoms with Gasteiger partial charge in [-0.15, -0.1) is 0 Å². The lowest BCUT2D eigenvalue weighted by molar-refractivity contribution is -0.153. The number of amides is 4.